The topological polar surface area (TPSA) is 38.0 Å². The van der Waals surface area contributed by atoms with Crippen LogP contribution in [0.4, 0.5) is 4.39 Å². The standard InChI is InChI=1S/C14H12Cl3FN2/c15-10-5-4-8(6-12(10)17)7-13(20-19)9-2-1-3-11(16)14(9)18/h1-6,13,20H,7,19H2. The Morgan fingerprint density at radius 2 is 1.80 bits per heavy atom. The fourth-order valence-electron chi connectivity index (χ4n) is 1.95. The Balaban J connectivity index is 2.28. The molecule has 0 aliphatic heterocycles. The fourth-order valence-corrected chi connectivity index (χ4v) is 2.45. The monoisotopic (exact) mass is 332 g/mol. The fraction of sp³-hybridized carbons (Fsp3) is 0.143. The number of hydrogen-bond acceptors (Lipinski definition) is 2. The van der Waals surface area contributed by atoms with Gasteiger partial charge < -0.3 is 0 Å². The summed E-state index contributed by atoms with van der Waals surface area (Å²) in [6.07, 6.45) is 0.463. The highest BCUT2D eigenvalue weighted by molar-refractivity contribution is 6.42. The molecule has 2 aromatic rings. The zero-order valence-electron chi connectivity index (χ0n) is 10.3. The average molecular weight is 334 g/mol. The smallest absolute Gasteiger partial charge is 0.146 e. The maximum absolute atomic E-state index is 14.0. The van der Waals surface area contributed by atoms with Crippen molar-refractivity contribution in [1.29, 1.82) is 0 Å². The Kier molecular flexibility index (Phi) is 5.24. The van der Waals surface area contributed by atoms with Gasteiger partial charge in [0.2, 0.25) is 0 Å². The zero-order chi connectivity index (χ0) is 14.7. The van der Waals surface area contributed by atoms with Gasteiger partial charge in [-0.2, -0.15) is 0 Å². The summed E-state index contributed by atoms with van der Waals surface area (Å²) in [5.74, 6) is 5.05. The van der Waals surface area contributed by atoms with Gasteiger partial charge in [-0.05, 0) is 30.2 Å². The lowest BCUT2D eigenvalue weighted by Crippen LogP contribution is -2.30. The summed E-state index contributed by atoms with van der Waals surface area (Å²) in [5.41, 5.74) is 3.89. The Morgan fingerprint density at radius 3 is 2.45 bits per heavy atom. The number of hydrogen-bond donors (Lipinski definition) is 2. The van der Waals surface area contributed by atoms with Crippen molar-refractivity contribution in [2.75, 3.05) is 0 Å². The molecule has 0 aromatic heterocycles. The molecule has 0 bridgehead atoms. The lowest BCUT2D eigenvalue weighted by molar-refractivity contribution is 0.511. The van der Waals surface area contributed by atoms with E-state index in [0.717, 1.165) is 5.56 Å². The van der Waals surface area contributed by atoms with E-state index in [9.17, 15) is 4.39 Å². The van der Waals surface area contributed by atoms with E-state index in [4.69, 9.17) is 40.6 Å². The van der Waals surface area contributed by atoms with Crippen molar-refractivity contribution in [3.8, 4) is 0 Å². The van der Waals surface area contributed by atoms with Crippen LogP contribution >= 0.6 is 34.8 Å². The number of nitrogens with one attached hydrogen (secondary N) is 1. The highest BCUT2D eigenvalue weighted by Gasteiger charge is 2.17. The van der Waals surface area contributed by atoms with Crippen LogP contribution in [0.5, 0.6) is 0 Å². The normalized spacial score (nSPS) is 12.4. The minimum Gasteiger partial charge on any atom is -0.271 e. The Labute approximate surface area is 131 Å². The molecule has 0 saturated heterocycles. The molecule has 2 rings (SSSR count). The van der Waals surface area contributed by atoms with E-state index < -0.39 is 11.9 Å². The van der Waals surface area contributed by atoms with Crippen LogP contribution in [-0.2, 0) is 6.42 Å². The molecule has 106 valence electrons. The molecule has 0 aliphatic carbocycles. The molecule has 3 N–H and O–H groups in total. The van der Waals surface area contributed by atoms with E-state index in [1.165, 1.54) is 6.07 Å². The molecule has 20 heavy (non-hydrogen) atoms. The average Bonchev–Trinajstić information content (AvgIpc) is 2.43. The predicted octanol–water partition coefficient (Wildman–Crippen LogP) is 4.53. The Bertz CT molecular complexity index is 619. The van der Waals surface area contributed by atoms with Crippen molar-refractivity contribution in [3.05, 3.63) is 68.4 Å². The van der Waals surface area contributed by atoms with Gasteiger partial charge in [-0.15, -0.1) is 0 Å². The summed E-state index contributed by atoms with van der Waals surface area (Å²) < 4.78 is 14.0. The summed E-state index contributed by atoms with van der Waals surface area (Å²) in [6.45, 7) is 0. The molecular weight excluding hydrogens is 322 g/mol. The van der Waals surface area contributed by atoms with Crippen molar-refractivity contribution in [2.45, 2.75) is 12.5 Å². The molecule has 0 spiro atoms. The molecule has 0 amide bonds. The second-order valence-corrected chi connectivity index (χ2v) is 5.54. The SMILES string of the molecule is NNC(Cc1ccc(Cl)c(Cl)c1)c1cccc(Cl)c1F. The zero-order valence-corrected chi connectivity index (χ0v) is 12.6. The molecule has 0 aliphatic rings. The van der Waals surface area contributed by atoms with Crippen molar-refractivity contribution in [3.63, 3.8) is 0 Å². The molecule has 6 heteroatoms. The van der Waals surface area contributed by atoms with Gasteiger partial charge in [0.25, 0.3) is 0 Å². The van der Waals surface area contributed by atoms with Gasteiger partial charge in [-0.3, -0.25) is 11.3 Å². The van der Waals surface area contributed by atoms with Crippen molar-refractivity contribution in [1.82, 2.24) is 5.43 Å². The van der Waals surface area contributed by atoms with Gasteiger partial charge in [-0.25, -0.2) is 4.39 Å². The lowest BCUT2D eigenvalue weighted by atomic mass is 9.99. The number of halogens is 4. The van der Waals surface area contributed by atoms with E-state index in [2.05, 4.69) is 5.43 Å². The maximum atomic E-state index is 14.0. The van der Waals surface area contributed by atoms with E-state index >= 15 is 0 Å². The van der Waals surface area contributed by atoms with Crippen LogP contribution in [0.3, 0.4) is 0 Å². The highest BCUT2D eigenvalue weighted by Crippen LogP contribution is 2.28. The van der Waals surface area contributed by atoms with Crippen LogP contribution in [0.15, 0.2) is 36.4 Å². The molecule has 1 atom stereocenters. The molecule has 2 aromatic carbocycles. The van der Waals surface area contributed by atoms with Crippen LogP contribution < -0.4 is 11.3 Å². The molecule has 0 radical (unpaired) electrons. The van der Waals surface area contributed by atoms with E-state index in [1.54, 1.807) is 24.3 Å². The first-order valence-electron chi connectivity index (χ1n) is 5.87. The van der Waals surface area contributed by atoms with Crippen LogP contribution in [0.1, 0.15) is 17.2 Å². The second-order valence-electron chi connectivity index (χ2n) is 4.31. The molecule has 0 heterocycles. The number of nitrogens with two attached hydrogens (primary N) is 1. The third-order valence-corrected chi connectivity index (χ3v) is 4.01. The molecule has 0 saturated carbocycles. The third-order valence-electron chi connectivity index (χ3n) is 2.98. The largest absolute Gasteiger partial charge is 0.271 e. The highest BCUT2D eigenvalue weighted by atomic mass is 35.5. The van der Waals surface area contributed by atoms with E-state index in [0.29, 0.717) is 22.0 Å². The molecule has 1 unspecified atom stereocenters. The van der Waals surface area contributed by atoms with Gasteiger partial charge in [0.05, 0.1) is 21.1 Å². The van der Waals surface area contributed by atoms with Gasteiger partial charge >= 0.3 is 0 Å². The third kappa shape index (κ3) is 3.43. The minimum atomic E-state index is -0.475. The lowest BCUT2D eigenvalue weighted by Gasteiger charge is -2.18. The summed E-state index contributed by atoms with van der Waals surface area (Å²) >= 11 is 17.6. The van der Waals surface area contributed by atoms with Crippen LogP contribution in [0.2, 0.25) is 15.1 Å². The molecular formula is C14H12Cl3FN2. The summed E-state index contributed by atoms with van der Waals surface area (Å²) in [5, 5.41) is 0.991. The first kappa shape index (κ1) is 15.5. The van der Waals surface area contributed by atoms with E-state index in [1.807, 2.05) is 6.07 Å². The van der Waals surface area contributed by atoms with Crippen LogP contribution in [-0.4, -0.2) is 0 Å². The first-order chi connectivity index (χ1) is 9.52. The van der Waals surface area contributed by atoms with Gasteiger partial charge in [-0.1, -0.05) is 53.0 Å². The summed E-state index contributed by atoms with van der Waals surface area (Å²) in [4.78, 5) is 0. The van der Waals surface area contributed by atoms with Gasteiger partial charge in [0.1, 0.15) is 5.82 Å². The van der Waals surface area contributed by atoms with Crippen LogP contribution in [0, 0.1) is 5.82 Å². The molecule has 0 fully saturated rings. The first-order valence-corrected chi connectivity index (χ1v) is 7.00. The van der Waals surface area contributed by atoms with Crippen LogP contribution in [0.25, 0.3) is 0 Å². The van der Waals surface area contributed by atoms with Crippen molar-refractivity contribution in [2.24, 2.45) is 5.84 Å². The summed E-state index contributed by atoms with van der Waals surface area (Å²) in [6, 6.07) is 9.65. The second kappa shape index (κ2) is 6.74. The Morgan fingerprint density at radius 1 is 1.05 bits per heavy atom. The summed E-state index contributed by atoms with van der Waals surface area (Å²) in [7, 11) is 0. The Hall–Kier alpha value is -0.840. The van der Waals surface area contributed by atoms with Gasteiger partial charge in [0, 0.05) is 5.56 Å². The quantitative estimate of drug-likeness (QED) is 0.637. The van der Waals surface area contributed by atoms with Crippen molar-refractivity contribution < 1.29 is 4.39 Å². The van der Waals surface area contributed by atoms with Gasteiger partial charge in [0.15, 0.2) is 0 Å². The maximum Gasteiger partial charge on any atom is 0.146 e. The predicted molar refractivity (Wildman–Crippen MR) is 81.6 cm³/mol. The van der Waals surface area contributed by atoms with Crippen molar-refractivity contribution >= 4 is 34.8 Å². The minimum absolute atomic E-state index is 0.0666. The number of benzene rings is 2. The number of rotatable bonds is 4. The molecule has 2 nitrogen and oxygen atoms in total. The number of hydrazine groups is 1. The van der Waals surface area contributed by atoms with E-state index in [-0.39, 0.29) is 5.02 Å².